The maximum atomic E-state index is 12.9. The molecule has 0 aromatic heterocycles. The molecule has 0 radical (unpaired) electrons. The Morgan fingerprint density at radius 2 is 1.76 bits per heavy atom. The maximum absolute atomic E-state index is 12.9. The Balaban J connectivity index is 1.70. The number of ether oxygens (including phenoxy) is 2. The number of rotatable bonds is 13. The molecule has 184 valence electrons. The van der Waals surface area contributed by atoms with Crippen LogP contribution in [-0.4, -0.2) is 31.8 Å². The van der Waals surface area contributed by atoms with Gasteiger partial charge >= 0.3 is 0 Å². The Morgan fingerprint density at radius 3 is 2.50 bits per heavy atom. The molecule has 1 fully saturated rings. The Bertz CT molecular complexity index is 965. The first-order valence-electron chi connectivity index (χ1n) is 12.1. The van der Waals surface area contributed by atoms with E-state index in [4.69, 9.17) is 9.47 Å². The molecule has 1 aliphatic rings. The molecule has 7 heteroatoms. The van der Waals surface area contributed by atoms with Crippen molar-refractivity contribution in [3.8, 4) is 11.5 Å². The summed E-state index contributed by atoms with van der Waals surface area (Å²) in [5.41, 5.74) is 2.34. The number of hydrogen-bond donors (Lipinski definition) is 1. The molecular formula is C27H36N2O4S. The van der Waals surface area contributed by atoms with E-state index in [9.17, 15) is 9.59 Å². The van der Waals surface area contributed by atoms with E-state index < -0.39 is 0 Å². The average molecular weight is 485 g/mol. The standard InChI is InChI=1S/C27H36N2O4S/c1-4-5-6-7-8-9-10-15-25(30)28-22-14-12-11-13-21(22)27-29(26(31)19-34-27)23-17-16-20(32-2)18-24(23)33-3/h11-14,16-18,27H,4-10,15,19H2,1-3H3,(H,28,30)/t27-/m1/s1. The number of carbonyl (C=O) groups excluding carboxylic acids is 2. The van der Waals surface area contributed by atoms with Crippen LogP contribution >= 0.6 is 11.8 Å². The highest BCUT2D eigenvalue weighted by molar-refractivity contribution is 8.00. The van der Waals surface area contributed by atoms with E-state index in [0.717, 1.165) is 24.1 Å². The summed E-state index contributed by atoms with van der Waals surface area (Å²) in [4.78, 5) is 27.3. The van der Waals surface area contributed by atoms with Crippen molar-refractivity contribution >= 4 is 35.0 Å². The Hall–Kier alpha value is -2.67. The SMILES string of the molecule is CCCCCCCCCC(=O)Nc1ccccc1[C@H]1SCC(=O)N1c1ccc(OC)cc1OC. The molecule has 3 rings (SSSR count). The number of methoxy groups -OCH3 is 2. The molecule has 1 N–H and O–H groups in total. The molecule has 1 aliphatic heterocycles. The fraction of sp³-hybridized carbons (Fsp3) is 0.481. The van der Waals surface area contributed by atoms with Crippen molar-refractivity contribution in [2.24, 2.45) is 0 Å². The molecule has 0 spiro atoms. The van der Waals surface area contributed by atoms with E-state index in [1.165, 1.54) is 32.1 Å². The van der Waals surface area contributed by atoms with Gasteiger partial charge in [0, 0.05) is 23.7 Å². The minimum Gasteiger partial charge on any atom is -0.497 e. The quantitative estimate of drug-likeness (QED) is 0.326. The number of anilines is 2. The largest absolute Gasteiger partial charge is 0.497 e. The maximum Gasteiger partial charge on any atom is 0.238 e. The molecular weight excluding hydrogens is 448 g/mol. The predicted molar refractivity (Wildman–Crippen MR) is 140 cm³/mol. The third kappa shape index (κ3) is 6.69. The predicted octanol–water partition coefficient (Wildman–Crippen LogP) is 6.56. The first-order valence-corrected chi connectivity index (χ1v) is 13.2. The highest BCUT2D eigenvalue weighted by Gasteiger charge is 2.37. The number of nitrogens with zero attached hydrogens (tertiary/aromatic N) is 1. The van der Waals surface area contributed by atoms with Crippen LogP contribution < -0.4 is 19.7 Å². The molecule has 0 unspecified atom stereocenters. The molecule has 34 heavy (non-hydrogen) atoms. The van der Waals surface area contributed by atoms with E-state index in [2.05, 4.69) is 12.2 Å². The highest BCUT2D eigenvalue weighted by Crippen LogP contribution is 2.47. The Labute approximate surface area is 207 Å². The molecule has 1 atom stereocenters. The van der Waals surface area contributed by atoms with Gasteiger partial charge in [0.15, 0.2) is 0 Å². The second-order valence-corrected chi connectivity index (χ2v) is 9.54. The summed E-state index contributed by atoms with van der Waals surface area (Å²) in [7, 11) is 3.18. The van der Waals surface area contributed by atoms with Gasteiger partial charge in [0.05, 0.1) is 25.7 Å². The number of benzene rings is 2. The van der Waals surface area contributed by atoms with Gasteiger partial charge < -0.3 is 14.8 Å². The van der Waals surface area contributed by atoms with Crippen molar-refractivity contribution in [3.05, 3.63) is 48.0 Å². The minimum absolute atomic E-state index is 0.00247. The number of para-hydroxylation sites is 1. The van der Waals surface area contributed by atoms with E-state index in [-0.39, 0.29) is 17.2 Å². The summed E-state index contributed by atoms with van der Waals surface area (Å²) in [6.07, 6.45) is 8.73. The average Bonchev–Trinajstić information content (AvgIpc) is 3.24. The molecule has 0 saturated carbocycles. The van der Waals surface area contributed by atoms with E-state index in [1.807, 2.05) is 36.4 Å². The first kappa shape index (κ1) is 25.9. The first-order chi connectivity index (χ1) is 16.6. The molecule has 6 nitrogen and oxygen atoms in total. The van der Waals surface area contributed by atoms with Crippen LogP contribution in [0.2, 0.25) is 0 Å². The second-order valence-electron chi connectivity index (χ2n) is 8.47. The zero-order valence-corrected chi connectivity index (χ0v) is 21.3. The fourth-order valence-electron chi connectivity index (χ4n) is 4.18. The molecule has 0 aliphatic carbocycles. The summed E-state index contributed by atoms with van der Waals surface area (Å²) >= 11 is 1.55. The monoisotopic (exact) mass is 484 g/mol. The van der Waals surface area contributed by atoms with Crippen LogP contribution in [0.3, 0.4) is 0 Å². The lowest BCUT2D eigenvalue weighted by atomic mass is 10.1. The van der Waals surface area contributed by atoms with Crippen molar-refractivity contribution in [2.45, 2.75) is 63.7 Å². The van der Waals surface area contributed by atoms with Gasteiger partial charge in [-0.2, -0.15) is 0 Å². The van der Waals surface area contributed by atoms with Gasteiger partial charge in [-0.3, -0.25) is 14.5 Å². The third-order valence-electron chi connectivity index (χ3n) is 6.02. The number of carbonyl (C=O) groups is 2. The summed E-state index contributed by atoms with van der Waals surface area (Å²) in [6, 6.07) is 13.2. The number of unbranched alkanes of at least 4 members (excludes halogenated alkanes) is 6. The van der Waals surface area contributed by atoms with Gasteiger partial charge in [-0.15, -0.1) is 11.8 Å². The topological polar surface area (TPSA) is 67.9 Å². The summed E-state index contributed by atoms with van der Waals surface area (Å²) in [6.45, 7) is 2.22. The lowest BCUT2D eigenvalue weighted by Gasteiger charge is -2.27. The molecule has 1 heterocycles. The fourth-order valence-corrected chi connectivity index (χ4v) is 5.38. The smallest absolute Gasteiger partial charge is 0.238 e. The number of hydrogen-bond acceptors (Lipinski definition) is 5. The number of amides is 2. The van der Waals surface area contributed by atoms with E-state index in [1.54, 1.807) is 36.9 Å². The number of thioether (sulfide) groups is 1. The summed E-state index contributed by atoms with van der Waals surface area (Å²) < 4.78 is 10.9. The van der Waals surface area contributed by atoms with Gasteiger partial charge in [0.25, 0.3) is 0 Å². The van der Waals surface area contributed by atoms with Crippen LogP contribution in [0.5, 0.6) is 11.5 Å². The lowest BCUT2D eigenvalue weighted by molar-refractivity contribution is -0.116. The number of nitrogens with one attached hydrogen (secondary N) is 1. The van der Waals surface area contributed by atoms with Crippen LogP contribution in [0.1, 0.15) is 69.2 Å². The molecule has 1 saturated heterocycles. The third-order valence-corrected chi connectivity index (χ3v) is 7.22. The molecule has 2 amide bonds. The van der Waals surface area contributed by atoms with Crippen LogP contribution in [0.4, 0.5) is 11.4 Å². The van der Waals surface area contributed by atoms with Crippen molar-refractivity contribution in [1.29, 1.82) is 0 Å². The molecule has 2 aromatic rings. The van der Waals surface area contributed by atoms with Crippen molar-refractivity contribution < 1.29 is 19.1 Å². The van der Waals surface area contributed by atoms with E-state index >= 15 is 0 Å². The van der Waals surface area contributed by atoms with Gasteiger partial charge in [0.1, 0.15) is 16.9 Å². The zero-order chi connectivity index (χ0) is 24.3. The summed E-state index contributed by atoms with van der Waals surface area (Å²) in [5, 5.41) is 2.83. The van der Waals surface area contributed by atoms with Crippen molar-refractivity contribution in [1.82, 2.24) is 0 Å². The van der Waals surface area contributed by atoms with Crippen LogP contribution in [0.25, 0.3) is 0 Å². The van der Waals surface area contributed by atoms with Gasteiger partial charge in [-0.25, -0.2) is 0 Å². The van der Waals surface area contributed by atoms with Crippen molar-refractivity contribution in [2.75, 3.05) is 30.2 Å². The summed E-state index contributed by atoms with van der Waals surface area (Å²) in [5.74, 6) is 1.61. The lowest BCUT2D eigenvalue weighted by Crippen LogP contribution is -2.29. The Kier molecular flexibility index (Phi) is 10.1. The highest BCUT2D eigenvalue weighted by atomic mass is 32.2. The zero-order valence-electron chi connectivity index (χ0n) is 20.5. The van der Waals surface area contributed by atoms with Crippen LogP contribution in [0.15, 0.2) is 42.5 Å². The van der Waals surface area contributed by atoms with Crippen LogP contribution in [0, 0.1) is 0 Å². The van der Waals surface area contributed by atoms with Gasteiger partial charge in [0.2, 0.25) is 11.8 Å². The minimum atomic E-state index is -0.259. The van der Waals surface area contributed by atoms with Crippen LogP contribution in [-0.2, 0) is 9.59 Å². The van der Waals surface area contributed by atoms with E-state index in [0.29, 0.717) is 29.4 Å². The second kappa shape index (κ2) is 13.3. The normalized spacial score (nSPS) is 15.4. The molecule has 0 bridgehead atoms. The Morgan fingerprint density at radius 1 is 1.03 bits per heavy atom. The van der Waals surface area contributed by atoms with Gasteiger partial charge in [-0.1, -0.05) is 63.6 Å². The van der Waals surface area contributed by atoms with Crippen molar-refractivity contribution in [3.63, 3.8) is 0 Å². The molecule has 2 aromatic carbocycles. The van der Waals surface area contributed by atoms with Gasteiger partial charge in [-0.05, 0) is 24.6 Å².